The molecule has 7 nitrogen and oxygen atoms in total. The Morgan fingerprint density at radius 3 is 2.12 bits per heavy atom. The summed E-state index contributed by atoms with van der Waals surface area (Å²) in [5.74, 6) is 0. The number of hydrogen-bond donors (Lipinski definition) is 2. The van der Waals surface area contributed by atoms with E-state index in [2.05, 4.69) is 4.98 Å². The molecule has 2 N–H and O–H groups in total. The second kappa shape index (κ2) is 6.79. The minimum Gasteiger partial charge on any atom is -0.301 e. The summed E-state index contributed by atoms with van der Waals surface area (Å²) >= 11 is 0. The zero-order valence-corrected chi connectivity index (χ0v) is 12.9. The van der Waals surface area contributed by atoms with E-state index < -0.39 is 21.9 Å². The molecule has 0 radical (unpaired) electrons. The van der Waals surface area contributed by atoms with Gasteiger partial charge < -0.3 is 4.98 Å². The van der Waals surface area contributed by atoms with Gasteiger partial charge in [0.2, 0.25) is 0 Å². The summed E-state index contributed by atoms with van der Waals surface area (Å²) in [4.78, 5) is 37.2. The topological polar surface area (TPSA) is 109 Å². The van der Waals surface area contributed by atoms with E-state index in [9.17, 15) is 19.7 Å². The summed E-state index contributed by atoms with van der Waals surface area (Å²) in [6.07, 6.45) is 2.93. The Kier molecular flexibility index (Phi) is 4.38. The van der Waals surface area contributed by atoms with Gasteiger partial charge >= 0.3 is 16.9 Å². The molecule has 25 heavy (non-hydrogen) atoms. The average Bonchev–Trinajstić information content (AvgIpc) is 2.60. The molecule has 0 saturated carbocycles. The van der Waals surface area contributed by atoms with Crippen LogP contribution < -0.4 is 11.2 Å². The fraction of sp³-hybridized carbons (Fsp3) is 0. The molecule has 0 aliphatic carbocycles. The second-order valence-corrected chi connectivity index (χ2v) is 5.25. The average molecular weight is 335 g/mol. The molecule has 0 unspecified atom stereocenters. The molecule has 0 fully saturated rings. The summed E-state index contributed by atoms with van der Waals surface area (Å²) in [5.41, 5.74) is 0.209. The first-order chi connectivity index (χ1) is 12.0. The van der Waals surface area contributed by atoms with Crippen molar-refractivity contribution in [3.63, 3.8) is 0 Å². The van der Waals surface area contributed by atoms with Gasteiger partial charge in [-0.05, 0) is 22.8 Å². The molecule has 1 aromatic heterocycles. The van der Waals surface area contributed by atoms with E-state index in [1.807, 2.05) is 59.6 Å². The number of aromatic nitrogens is 2. The van der Waals surface area contributed by atoms with Gasteiger partial charge in [0.25, 0.3) is 0 Å². The maximum absolute atomic E-state index is 11.6. The molecule has 0 aliphatic rings. The minimum absolute atomic E-state index is 0.147. The van der Waals surface area contributed by atoms with E-state index in [-0.39, 0.29) is 5.69 Å². The van der Waals surface area contributed by atoms with Crippen LogP contribution in [0.5, 0.6) is 0 Å². The van der Waals surface area contributed by atoms with Crippen molar-refractivity contribution < 1.29 is 4.92 Å². The third-order valence-electron chi connectivity index (χ3n) is 3.59. The molecular formula is C18H13N3O4. The van der Waals surface area contributed by atoms with Gasteiger partial charge in [-0.25, -0.2) is 4.79 Å². The SMILES string of the molecule is O=c1[nH]c(/C=C/c2ccc(-c3ccccc3)cc2)c([N+](=O)[O-])c(=O)[nH]1. The van der Waals surface area contributed by atoms with Crippen molar-refractivity contribution in [3.05, 3.63) is 96.8 Å². The molecule has 0 amide bonds. The van der Waals surface area contributed by atoms with Crippen molar-refractivity contribution >= 4 is 17.8 Å². The van der Waals surface area contributed by atoms with Crippen LogP contribution in [-0.4, -0.2) is 14.9 Å². The third kappa shape index (κ3) is 3.61. The smallest absolute Gasteiger partial charge is 0.301 e. The first kappa shape index (κ1) is 16.1. The molecule has 0 saturated heterocycles. The summed E-state index contributed by atoms with van der Waals surface area (Å²) in [6.45, 7) is 0. The van der Waals surface area contributed by atoms with Crippen LogP contribution in [0.2, 0.25) is 0 Å². The molecule has 124 valence electrons. The van der Waals surface area contributed by atoms with Gasteiger partial charge in [0.15, 0.2) is 0 Å². The van der Waals surface area contributed by atoms with Crippen LogP contribution in [0.15, 0.2) is 64.2 Å². The number of rotatable bonds is 4. The first-order valence-corrected chi connectivity index (χ1v) is 7.39. The van der Waals surface area contributed by atoms with Crippen molar-refractivity contribution in [3.8, 4) is 11.1 Å². The van der Waals surface area contributed by atoms with Crippen LogP contribution in [0.4, 0.5) is 5.69 Å². The lowest BCUT2D eigenvalue weighted by atomic mass is 10.0. The fourth-order valence-electron chi connectivity index (χ4n) is 2.40. The van der Waals surface area contributed by atoms with Crippen LogP contribution in [-0.2, 0) is 0 Å². The first-order valence-electron chi connectivity index (χ1n) is 7.39. The van der Waals surface area contributed by atoms with Gasteiger partial charge in [-0.15, -0.1) is 0 Å². The van der Waals surface area contributed by atoms with Crippen LogP contribution in [0.3, 0.4) is 0 Å². The Hall–Kier alpha value is -3.74. The maximum Gasteiger partial charge on any atom is 0.357 e. The zero-order chi connectivity index (χ0) is 17.8. The van der Waals surface area contributed by atoms with Crippen molar-refractivity contribution in [2.45, 2.75) is 0 Å². The number of nitrogens with zero attached hydrogens (tertiary/aromatic N) is 1. The Morgan fingerprint density at radius 1 is 0.840 bits per heavy atom. The van der Waals surface area contributed by atoms with E-state index in [0.29, 0.717) is 0 Å². The second-order valence-electron chi connectivity index (χ2n) is 5.25. The quantitative estimate of drug-likeness (QED) is 0.564. The maximum atomic E-state index is 11.6. The van der Waals surface area contributed by atoms with E-state index in [1.54, 1.807) is 6.08 Å². The summed E-state index contributed by atoms with van der Waals surface area (Å²) in [5, 5.41) is 11.0. The predicted molar refractivity (Wildman–Crippen MR) is 95.1 cm³/mol. The number of hydrogen-bond acceptors (Lipinski definition) is 4. The van der Waals surface area contributed by atoms with Crippen LogP contribution in [0, 0.1) is 10.1 Å². The van der Waals surface area contributed by atoms with E-state index in [0.717, 1.165) is 16.7 Å². The van der Waals surface area contributed by atoms with Crippen LogP contribution in [0.25, 0.3) is 23.3 Å². The summed E-state index contributed by atoms with van der Waals surface area (Å²) in [7, 11) is 0. The highest BCUT2D eigenvalue weighted by Gasteiger charge is 2.18. The monoisotopic (exact) mass is 335 g/mol. The highest BCUT2D eigenvalue weighted by Crippen LogP contribution is 2.20. The zero-order valence-electron chi connectivity index (χ0n) is 12.9. The number of nitrogens with one attached hydrogen (secondary N) is 2. The largest absolute Gasteiger partial charge is 0.357 e. The molecule has 1 heterocycles. The molecule has 0 bridgehead atoms. The molecule has 0 spiro atoms. The van der Waals surface area contributed by atoms with E-state index in [1.165, 1.54) is 6.08 Å². The van der Waals surface area contributed by atoms with Gasteiger partial charge in [0.1, 0.15) is 5.69 Å². The molecule has 2 aromatic carbocycles. The van der Waals surface area contributed by atoms with Crippen LogP contribution in [0.1, 0.15) is 11.3 Å². The van der Waals surface area contributed by atoms with Crippen molar-refractivity contribution in [1.82, 2.24) is 9.97 Å². The van der Waals surface area contributed by atoms with E-state index in [4.69, 9.17) is 0 Å². The molecule has 7 heteroatoms. The Balaban J connectivity index is 1.92. The minimum atomic E-state index is -1.03. The normalized spacial score (nSPS) is 10.9. The number of aromatic amines is 2. The Morgan fingerprint density at radius 2 is 1.48 bits per heavy atom. The lowest BCUT2D eigenvalue weighted by Gasteiger charge is -2.02. The highest BCUT2D eigenvalue weighted by molar-refractivity contribution is 5.73. The molecular weight excluding hydrogens is 322 g/mol. The van der Waals surface area contributed by atoms with Crippen molar-refractivity contribution in [2.24, 2.45) is 0 Å². The number of H-pyrrole nitrogens is 2. The van der Waals surface area contributed by atoms with Gasteiger partial charge in [-0.2, -0.15) is 0 Å². The summed E-state index contributed by atoms with van der Waals surface area (Å²) in [6, 6.07) is 17.4. The summed E-state index contributed by atoms with van der Waals surface area (Å²) < 4.78 is 0. The third-order valence-corrected chi connectivity index (χ3v) is 3.59. The molecule has 0 atom stereocenters. The Labute approximate surface area is 141 Å². The Bertz CT molecular complexity index is 1050. The fourth-order valence-corrected chi connectivity index (χ4v) is 2.40. The van der Waals surface area contributed by atoms with Gasteiger partial charge in [-0.1, -0.05) is 60.7 Å². The van der Waals surface area contributed by atoms with Crippen LogP contribution >= 0.6 is 0 Å². The molecule has 3 aromatic rings. The highest BCUT2D eigenvalue weighted by atomic mass is 16.6. The van der Waals surface area contributed by atoms with Gasteiger partial charge in [0.05, 0.1) is 4.92 Å². The lowest BCUT2D eigenvalue weighted by Crippen LogP contribution is -2.25. The predicted octanol–water partition coefficient (Wildman–Crippen LogP) is 2.81. The number of benzene rings is 2. The molecule has 0 aliphatic heterocycles. The van der Waals surface area contributed by atoms with Gasteiger partial charge in [-0.3, -0.25) is 19.9 Å². The van der Waals surface area contributed by atoms with Crippen molar-refractivity contribution in [1.29, 1.82) is 0 Å². The van der Waals surface area contributed by atoms with Crippen molar-refractivity contribution in [2.75, 3.05) is 0 Å². The standard InChI is InChI=1S/C18H13N3O4/c22-17-16(21(24)25)15(19-18(23)20-17)11-8-12-6-9-14(10-7-12)13-4-2-1-3-5-13/h1-11H,(H2,19,20,22,23)/b11-8+. The van der Waals surface area contributed by atoms with Gasteiger partial charge in [0, 0.05) is 0 Å². The lowest BCUT2D eigenvalue weighted by molar-refractivity contribution is -0.386. The number of nitro groups is 1. The van der Waals surface area contributed by atoms with E-state index >= 15 is 0 Å². The molecule has 3 rings (SSSR count).